The number of aliphatic hydroxyl groups is 1. The minimum absolute atomic E-state index is 0.0748. The standard InChI is InChI=1S/C16H21NOS/c1-13(15-7-3-2-4-8-15)17-11-16-10-14(12-19-16)6-5-9-18/h7,10,12-13,17-18H,2-4,8-9,11H2,1H3. The first-order valence-electron chi connectivity index (χ1n) is 6.89. The van der Waals surface area contributed by atoms with E-state index in [-0.39, 0.29) is 6.61 Å². The smallest absolute Gasteiger partial charge is 0.104 e. The topological polar surface area (TPSA) is 32.3 Å². The molecule has 2 rings (SSSR count). The fraction of sp³-hybridized carbons (Fsp3) is 0.500. The molecular formula is C16H21NOS. The molecule has 0 aromatic carbocycles. The molecular weight excluding hydrogens is 254 g/mol. The van der Waals surface area contributed by atoms with Crippen molar-refractivity contribution in [3.63, 3.8) is 0 Å². The van der Waals surface area contributed by atoms with Crippen LogP contribution in [-0.4, -0.2) is 17.8 Å². The van der Waals surface area contributed by atoms with E-state index < -0.39 is 0 Å². The predicted octanol–water partition coefficient (Wildman–Crippen LogP) is 3.07. The van der Waals surface area contributed by atoms with Gasteiger partial charge < -0.3 is 10.4 Å². The van der Waals surface area contributed by atoms with Crippen LogP contribution in [0.25, 0.3) is 0 Å². The van der Waals surface area contributed by atoms with Crippen LogP contribution in [0.5, 0.6) is 0 Å². The van der Waals surface area contributed by atoms with Crippen molar-refractivity contribution in [1.82, 2.24) is 5.32 Å². The number of hydrogen-bond donors (Lipinski definition) is 2. The van der Waals surface area contributed by atoms with Gasteiger partial charge in [-0.1, -0.05) is 23.5 Å². The van der Waals surface area contributed by atoms with Crippen molar-refractivity contribution >= 4 is 11.3 Å². The first-order chi connectivity index (χ1) is 9.29. The fourth-order valence-corrected chi connectivity index (χ4v) is 3.09. The summed E-state index contributed by atoms with van der Waals surface area (Å²) in [6.45, 7) is 3.07. The minimum atomic E-state index is -0.0748. The van der Waals surface area contributed by atoms with Crippen molar-refractivity contribution in [2.24, 2.45) is 0 Å². The van der Waals surface area contributed by atoms with Gasteiger partial charge in [-0.3, -0.25) is 0 Å². The molecule has 1 aromatic rings. The Hall–Kier alpha value is -1.08. The van der Waals surface area contributed by atoms with Gasteiger partial charge in [0, 0.05) is 28.4 Å². The number of nitrogens with one attached hydrogen (secondary N) is 1. The van der Waals surface area contributed by atoms with Gasteiger partial charge in [-0.15, -0.1) is 11.3 Å². The third-order valence-electron chi connectivity index (χ3n) is 3.43. The molecule has 102 valence electrons. The van der Waals surface area contributed by atoms with Gasteiger partial charge in [0.05, 0.1) is 0 Å². The predicted molar refractivity (Wildman–Crippen MR) is 81.1 cm³/mol. The van der Waals surface area contributed by atoms with Gasteiger partial charge in [-0.05, 0) is 38.7 Å². The summed E-state index contributed by atoms with van der Waals surface area (Å²) in [7, 11) is 0. The van der Waals surface area contributed by atoms with E-state index in [0.717, 1.165) is 12.1 Å². The van der Waals surface area contributed by atoms with E-state index >= 15 is 0 Å². The lowest BCUT2D eigenvalue weighted by Gasteiger charge is -2.20. The molecule has 2 N–H and O–H groups in total. The van der Waals surface area contributed by atoms with Crippen LogP contribution >= 0.6 is 11.3 Å². The number of rotatable bonds is 4. The molecule has 1 unspecified atom stereocenters. The van der Waals surface area contributed by atoms with E-state index in [9.17, 15) is 0 Å². The monoisotopic (exact) mass is 275 g/mol. The maximum absolute atomic E-state index is 8.67. The summed E-state index contributed by atoms with van der Waals surface area (Å²) in [4.78, 5) is 1.30. The molecule has 0 saturated heterocycles. The molecule has 0 bridgehead atoms. The lowest BCUT2D eigenvalue weighted by Crippen LogP contribution is -2.27. The van der Waals surface area contributed by atoms with Crippen molar-refractivity contribution < 1.29 is 5.11 Å². The Labute approximate surface area is 119 Å². The normalized spacial score (nSPS) is 16.4. The molecule has 1 atom stereocenters. The summed E-state index contributed by atoms with van der Waals surface area (Å²) in [6, 6.07) is 2.57. The SMILES string of the molecule is CC(NCc1cc(C#CCO)cs1)C1=CCCCC1. The Balaban J connectivity index is 1.84. The van der Waals surface area contributed by atoms with Crippen molar-refractivity contribution in [2.45, 2.75) is 45.2 Å². The zero-order valence-electron chi connectivity index (χ0n) is 11.4. The van der Waals surface area contributed by atoms with Crippen LogP contribution in [-0.2, 0) is 6.54 Å². The number of allylic oxidation sites excluding steroid dienone is 1. The van der Waals surface area contributed by atoms with Crippen LogP contribution in [0.15, 0.2) is 23.1 Å². The first-order valence-corrected chi connectivity index (χ1v) is 7.77. The molecule has 0 aliphatic heterocycles. The summed E-state index contributed by atoms with van der Waals surface area (Å²) >= 11 is 1.72. The lowest BCUT2D eigenvalue weighted by molar-refractivity contribution is 0.350. The van der Waals surface area contributed by atoms with Crippen LogP contribution < -0.4 is 5.32 Å². The second kappa shape index (κ2) is 7.49. The average molecular weight is 275 g/mol. The Kier molecular flexibility index (Phi) is 5.65. The van der Waals surface area contributed by atoms with Gasteiger partial charge >= 0.3 is 0 Å². The highest BCUT2D eigenvalue weighted by atomic mass is 32.1. The summed E-state index contributed by atoms with van der Waals surface area (Å²) in [6.07, 6.45) is 7.55. The van der Waals surface area contributed by atoms with Crippen molar-refractivity contribution in [3.8, 4) is 11.8 Å². The minimum Gasteiger partial charge on any atom is -0.384 e. The average Bonchev–Trinajstić information content (AvgIpc) is 2.91. The Morgan fingerprint density at radius 2 is 2.37 bits per heavy atom. The highest BCUT2D eigenvalue weighted by molar-refractivity contribution is 7.10. The molecule has 0 radical (unpaired) electrons. The van der Waals surface area contributed by atoms with E-state index in [1.807, 2.05) is 5.38 Å². The van der Waals surface area contributed by atoms with E-state index in [2.05, 4.69) is 36.2 Å². The number of thiophene rings is 1. The third-order valence-corrected chi connectivity index (χ3v) is 4.37. The zero-order chi connectivity index (χ0) is 13.5. The van der Waals surface area contributed by atoms with Crippen LogP contribution in [0.2, 0.25) is 0 Å². The molecule has 1 aliphatic rings. The maximum atomic E-state index is 8.67. The van der Waals surface area contributed by atoms with Crippen LogP contribution in [0.1, 0.15) is 43.0 Å². The lowest BCUT2D eigenvalue weighted by atomic mass is 9.95. The fourth-order valence-electron chi connectivity index (χ4n) is 2.32. The Morgan fingerprint density at radius 3 is 3.11 bits per heavy atom. The first kappa shape index (κ1) is 14.3. The molecule has 1 heterocycles. The molecule has 0 amide bonds. The molecule has 2 nitrogen and oxygen atoms in total. The Morgan fingerprint density at radius 1 is 1.47 bits per heavy atom. The molecule has 1 aromatic heterocycles. The zero-order valence-corrected chi connectivity index (χ0v) is 12.2. The summed E-state index contributed by atoms with van der Waals surface area (Å²) in [5.74, 6) is 5.61. The highest BCUT2D eigenvalue weighted by Gasteiger charge is 2.11. The van der Waals surface area contributed by atoms with E-state index in [1.165, 1.54) is 30.6 Å². The van der Waals surface area contributed by atoms with E-state index in [1.54, 1.807) is 16.9 Å². The van der Waals surface area contributed by atoms with Crippen LogP contribution in [0.4, 0.5) is 0 Å². The number of hydrogen-bond acceptors (Lipinski definition) is 3. The summed E-state index contributed by atoms with van der Waals surface area (Å²) < 4.78 is 0. The molecule has 1 aliphatic carbocycles. The van der Waals surface area contributed by atoms with Crippen molar-refractivity contribution in [1.29, 1.82) is 0 Å². The van der Waals surface area contributed by atoms with E-state index in [4.69, 9.17) is 5.11 Å². The van der Waals surface area contributed by atoms with Crippen molar-refractivity contribution in [2.75, 3.05) is 6.61 Å². The molecule has 3 heteroatoms. The summed E-state index contributed by atoms with van der Waals surface area (Å²) in [5, 5.41) is 14.3. The van der Waals surface area contributed by atoms with Crippen LogP contribution in [0, 0.1) is 11.8 Å². The molecule has 0 fully saturated rings. The van der Waals surface area contributed by atoms with Crippen LogP contribution in [0.3, 0.4) is 0 Å². The molecule has 0 spiro atoms. The second-order valence-corrected chi connectivity index (χ2v) is 5.88. The van der Waals surface area contributed by atoms with Gasteiger partial charge in [-0.25, -0.2) is 0 Å². The number of aliphatic hydroxyl groups excluding tert-OH is 1. The van der Waals surface area contributed by atoms with Gasteiger partial charge in [0.15, 0.2) is 0 Å². The maximum Gasteiger partial charge on any atom is 0.104 e. The van der Waals surface area contributed by atoms with Gasteiger partial charge in [0.25, 0.3) is 0 Å². The van der Waals surface area contributed by atoms with E-state index in [0.29, 0.717) is 6.04 Å². The quantitative estimate of drug-likeness (QED) is 0.654. The third kappa shape index (κ3) is 4.50. The summed E-state index contributed by atoms with van der Waals surface area (Å²) in [5.41, 5.74) is 2.56. The van der Waals surface area contributed by atoms with Gasteiger partial charge in [-0.2, -0.15) is 0 Å². The molecule has 0 saturated carbocycles. The highest BCUT2D eigenvalue weighted by Crippen LogP contribution is 2.21. The van der Waals surface area contributed by atoms with Gasteiger partial charge in [0.1, 0.15) is 6.61 Å². The van der Waals surface area contributed by atoms with Gasteiger partial charge in [0.2, 0.25) is 0 Å². The van der Waals surface area contributed by atoms with Crippen molar-refractivity contribution in [3.05, 3.63) is 33.5 Å². The molecule has 19 heavy (non-hydrogen) atoms. The Bertz CT molecular complexity index is 492. The second-order valence-electron chi connectivity index (χ2n) is 4.89. The largest absolute Gasteiger partial charge is 0.384 e.